The lowest BCUT2D eigenvalue weighted by Crippen LogP contribution is -2.41. The zero-order valence-corrected chi connectivity index (χ0v) is 12.1. The number of nitrogens with zero attached hydrogens (tertiary/aromatic N) is 1. The SMILES string of the molecule is C[C@@H](C#N)C[C@@H](NC(=O)c1cccc2ccccc12)C(=O)O. The summed E-state index contributed by atoms with van der Waals surface area (Å²) in [7, 11) is 0. The molecule has 0 spiro atoms. The first-order valence-electron chi connectivity index (χ1n) is 6.94. The van der Waals surface area contributed by atoms with Gasteiger partial charge >= 0.3 is 5.97 Å². The molecule has 0 saturated carbocycles. The van der Waals surface area contributed by atoms with Crippen molar-refractivity contribution in [3.63, 3.8) is 0 Å². The third-order valence-corrected chi connectivity index (χ3v) is 3.45. The molecule has 5 heteroatoms. The number of fused-ring (bicyclic) bond motifs is 1. The molecule has 0 unspecified atom stereocenters. The van der Waals surface area contributed by atoms with Crippen LogP contribution >= 0.6 is 0 Å². The van der Waals surface area contributed by atoms with Crippen LogP contribution in [-0.4, -0.2) is 23.0 Å². The summed E-state index contributed by atoms with van der Waals surface area (Å²) >= 11 is 0. The van der Waals surface area contributed by atoms with Gasteiger partial charge in [0.25, 0.3) is 5.91 Å². The van der Waals surface area contributed by atoms with E-state index in [0.717, 1.165) is 10.8 Å². The zero-order chi connectivity index (χ0) is 16.1. The molecule has 2 N–H and O–H groups in total. The van der Waals surface area contributed by atoms with E-state index in [9.17, 15) is 14.7 Å². The second kappa shape index (κ2) is 6.72. The van der Waals surface area contributed by atoms with Crippen molar-refractivity contribution >= 4 is 22.6 Å². The molecular formula is C17H16N2O3. The van der Waals surface area contributed by atoms with E-state index in [1.165, 1.54) is 0 Å². The number of nitrogens with one attached hydrogen (secondary N) is 1. The van der Waals surface area contributed by atoms with Crippen LogP contribution in [0, 0.1) is 17.2 Å². The number of hydrogen-bond donors (Lipinski definition) is 2. The van der Waals surface area contributed by atoms with E-state index in [1.54, 1.807) is 19.1 Å². The molecule has 2 aromatic carbocycles. The molecule has 2 rings (SSSR count). The van der Waals surface area contributed by atoms with Crippen LogP contribution in [0.4, 0.5) is 0 Å². The fraction of sp³-hybridized carbons (Fsp3) is 0.235. The van der Waals surface area contributed by atoms with Gasteiger partial charge in [0.05, 0.1) is 6.07 Å². The van der Waals surface area contributed by atoms with Gasteiger partial charge in [-0.15, -0.1) is 0 Å². The van der Waals surface area contributed by atoms with Crippen LogP contribution in [0.15, 0.2) is 42.5 Å². The van der Waals surface area contributed by atoms with Crippen molar-refractivity contribution in [1.29, 1.82) is 5.26 Å². The average Bonchev–Trinajstić information content (AvgIpc) is 2.53. The molecule has 0 aliphatic carbocycles. The lowest BCUT2D eigenvalue weighted by Gasteiger charge is -2.16. The summed E-state index contributed by atoms with van der Waals surface area (Å²) in [6, 6.07) is 13.6. The fourth-order valence-corrected chi connectivity index (χ4v) is 2.29. The van der Waals surface area contributed by atoms with Crippen LogP contribution in [0.25, 0.3) is 10.8 Å². The Bertz CT molecular complexity index is 744. The Morgan fingerprint density at radius 1 is 1.23 bits per heavy atom. The third kappa shape index (κ3) is 3.41. The largest absolute Gasteiger partial charge is 0.480 e. The molecule has 0 saturated heterocycles. The van der Waals surface area contributed by atoms with Crippen LogP contribution in [0.2, 0.25) is 0 Å². The zero-order valence-electron chi connectivity index (χ0n) is 12.1. The first kappa shape index (κ1) is 15.5. The van der Waals surface area contributed by atoms with Crippen LogP contribution in [-0.2, 0) is 4.79 Å². The van der Waals surface area contributed by atoms with Crippen molar-refractivity contribution < 1.29 is 14.7 Å². The Morgan fingerprint density at radius 3 is 2.59 bits per heavy atom. The van der Waals surface area contributed by atoms with Crippen LogP contribution in [0.1, 0.15) is 23.7 Å². The number of amides is 1. The van der Waals surface area contributed by atoms with Crippen molar-refractivity contribution in [3.05, 3.63) is 48.0 Å². The molecule has 2 atom stereocenters. The normalized spacial score (nSPS) is 13.1. The predicted molar refractivity (Wildman–Crippen MR) is 82.2 cm³/mol. The highest BCUT2D eigenvalue weighted by Crippen LogP contribution is 2.18. The molecule has 0 aliphatic heterocycles. The van der Waals surface area contributed by atoms with Crippen molar-refractivity contribution in [2.75, 3.05) is 0 Å². The van der Waals surface area contributed by atoms with Gasteiger partial charge in [-0.1, -0.05) is 36.4 Å². The summed E-state index contributed by atoms with van der Waals surface area (Å²) in [6.45, 7) is 1.63. The van der Waals surface area contributed by atoms with E-state index in [2.05, 4.69) is 5.32 Å². The van der Waals surface area contributed by atoms with E-state index in [0.29, 0.717) is 5.56 Å². The van der Waals surface area contributed by atoms with E-state index in [-0.39, 0.29) is 6.42 Å². The molecule has 0 aromatic heterocycles. The van der Waals surface area contributed by atoms with Gasteiger partial charge in [-0.05, 0) is 30.2 Å². The smallest absolute Gasteiger partial charge is 0.326 e. The Morgan fingerprint density at radius 2 is 1.91 bits per heavy atom. The number of carbonyl (C=O) groups excluding carboxylic acids is 1. The number of nitriles is 1. The molecular weight excluding hydrogens is 280 g/mol. The van der Waals surface area contributed by atoms with Crippen molar-refractivity contribution in [1.82, 2.24) is 5.32 Å². The monoisotopic (exact) mass is 296 g/mol. The number of hydrogen-bond acceptors (Lipinski definition) is 3. The van der Waals surface area contributed by atoms with E-state index >= 15 is 0 Å². The Hall–Kier alpha value is -2.87. The Labute approximate surface area is 128 Å². The number of carboxylic acid groups (broad SMARTS) is 1. The summed E-state index contributed by atoms with van der Waals surface area (Å²) < 4.78 is 0. The number of carbonyl (C=O) groups is 2. The molecule has 0 radical (unpaired) electrons. The van der Waals surface area contributed by atoms with Crippen LogP contribution in [0.5, 0.6) is 0 Å². The predicted octanol–water partition coefficient (Wildman–Crippen LogP) is 2.57. The minimum Gasteiger partial charge on any atom is -0.480 e. The number of benzene rings is 2. The molecule has 0 heterocycles. The minimum atomic E-state index is -1.14. The van der Waals surface area contributed by atoms with Gasteiger partial charge in [0, 0.05) is 11.5 Å². The summed E-state index contributed by atoms with van der Waals surface area (Å²) in [5, 5.41) is 22.2. The molecule has 2 aromatic rings. The molecule has 0 aliphatic rings. The van der Waals surface area contributed by atoms with Gasteiger partial charge in [0.2, 0.25) is 0 Å². The molecule has 0 fully saturated rings. The Balaban J connectivity index is 2.26. The third-order valence-electron chi connectivity index (χ3n) is 3.45. The fourth-order valence-electron chi connectivity index (χ4n) is 2.29. The average molecular weight is 296 g/mol. The summed E-state index contributed by atoms with van der Waals surface area (Å²) in [5.41, 5.74) is 0.425. The van der Waals surface area contributed by atoms with Crippen LogP contribution in [0.3, 0.4) is 0 Å². The number of aliphatic carboxylic acids is 1. The summed E-state index contributed by atoms with van der Waals surface area (Å²) in [4.78, 5) is 23.6. The number of rotatable bonds is 5. The van der Waals surface area contributed by atoms with E-state index in [1.807, 2.05) is 36.4 Å². The van der Waals surface area contributed by atoms with E-state index < -0.39 is 23.8 Å². The van der Waals surface area contributed by atoms with Gasteiger partial charge in [0.15, 0.2) is 0 Å². The maximum Gasteiger partial charge on any atom is 0.326 e. The molecule has 1 amide bonds. The first-order chi connectivity index (χ1) is 10.5. The Kier molecular flexibility index (Phi) is 4.74. The maximum atomic E-state index is 12.4. The van der Waals surface area contributed by atoms with Crippen molar-refractivity contribution in [2.24, 2.45) is 5.92 Å². The van der Waals surface area contributed by atoms with Gasteiger partial charge in [-0.3, -0.25) is 4.79 Å². The quantitative estimate of drug-likeness (QED) is 0.887. The first-order valence-corrected chi connectivity index (χ1v) is 6.94. The second-order valence-electron chi connectivity index (χ2n) is 5.16. The molecule has 5 nitrogen and oxygen atoms in total. The standard InChI is InChI=1S/C17H16N2O3/c1-11(10-18)9-15(17(21)22)19-16(20)14-8-4-6-12-5-2-3-7-13(12)14/h2-8,11,15H,9H2,1H3,(H,19,20)(H,21,22)/t11-,15-/m1/s1. The molecule has 22 heavy (non-hydrogen) atoms. The lowest BCUT2D eigenvalue weighted by molar-refractivity contribution is -0.139. The number of carboxylic acids is 1. The minimum absolute atomic E-state index is 0.0718. The van der Waals surface area contributed by atoms with Gasteiger partial charge < -0.3 is 10.4 Å². The maximum absolute atomic E-state index is 12.4. The highest BCUT2D eigenvalue weighted by atomic mass is 16.4. The summed E-state index contributed by atoms with van der Waals surface area (Å²) in [5.74, 6) is -2.04. The lowest BCUT2D eigenvalue weighted by atomic mass is 10.0. The highest BCUT2D eigenvalue weighted by molar-refractivity contribution is 6.07. The van der Waals surface area contributed by atoms with Crippen molar-refractivity contribution in [2.45, 2.75) is 19.4 Å². The van der Waals surface area contributed by atoms with Gasteiger partial charge in [-0.2, -0.15) is 5.26 Å². The molecule has 112 valence electrons. The molecule has 0 bridgehead atoms. The topological polar surface area (TPSA) is 90.2 Å². The highest BCUT2D eigenvalue weighted by Gasteiger charge is 2.23. The van der Waals surface area contributed by atoms with Crippen molar-refractivity contribution in [3.8, 4) is 6.07 Å². The van der Waals surface area contributed by atoms with Crippen LogP contribution < -0.4 is 5.32 Å². The van der Waals surface area contributed by atoms with Gasteiger partial charge in [0.1, 0.15) is 6.04 Å². The summed E-state index contributed by atoms with van der Waals surface area (Å²) in [6.07, 6.45) is 0.0718. The second-order valence-corrected chi connectivity index (χ2v) is 5.16. The van der Waals surface area contributed by atoms with E-state index in [4.69, 9.17) is 5.26 Å². The van der Waals surface area contributed by atoms with Gasteiger partial charge in [-0.25, -0.2) is 4.79 Å².